The van der Waals surface area contributed by atoms with Crippen molar-refractivity contribution in [3.05, 3.63) is 81.7 Å². The van der Waals surface area contributed by atoms with Crippen LogP contribution in [0.25, 0.3) is 0 Å². The predicted molar refractivity (Wildman–Crippen MR) is 124 cm³/mol. The number of methoxy groups -OCH3 is 1. The first-order valence-corrected chi connectivity index (χ1v) is 11.4. The average molecular weight is 452 g/mol. The molecule has 0 fully saturated rings. The van der Waals surface area contributed by atoms with Gasteiger partial charge in [-0.1, -0.05) is 24.3 Å². The van der Waals surface area contributed by atoms with Crippen molar-refractivity contribution in [3.63, 3.8) is 0 Å². The van der Waals surface area contributed by atoms with Gasteiger partial charge in [0.05, 0.1) is 12.2 Å². The number of benzene rings is 2. The van der Waals surface area contributed by atoms with Gasteiger partial charge >= 0.3 is 5.97 Å². The Labute approximate surface area is 190 Å². The molecule has 0 radical (unpaired) electrons. The van der Waals surface area contributed by atoms with Crippen LogP contribution in [0.15, 0.2) is 53.9 Å². The van der Waals surface area contributed by atoms with Crippen molar-refractivity contribution in [3.8, 4) is 5.75 Å². The monoisotopic (exact) mass is 451 g/mol. The predicted octanol–water partition coefficient (Wildman–Crippen LogP) is 5.00. The molecule has 3 aromatic rings. The number of rotatable bonds is 8. The summed E-state index contributed by atoms with van der Waals surface area (Å²) in [5.41, 5.74) is 4.03. The highest BCUT2D eigenvalue weighted by atomic mass is 32.1. The van der Waals surface area contributed by atoms with Crippen LogP contribution in [0.4, 0.5) is 5.00 Å². The number of fused-ring (bicyclic) bond motifs is 1. The number of thiophene rings is 1. The molecule has 7 heteroatoms. The van der Waals surface area contributed by atoms with Crippen molar-refractivity contribution in [1.29, 1.82) is 0 Å². The Morgan fingerprint density at radius 3 is 2.56 bits per heavy atom. The van der Waals surface area contributed by atoms with Crippen LogP contribution in [-0.4, -0.2) is 37.3 Å². The van der Waals surface area contributed by atoms with E-state index in [1.165, 1.54) is 22.5 Å². The highest BCUT2D eigenvalue weighted by molar-refractivity contribution is 7.15. The lowest BCUT2D eigenvalue weighted by atomic mass is 9.80. The first-order valence-electron chi connectivity index (χ1n) is 10.5. The van der Waals surface area contributed by atoms with E-state index in [1.807, 2.05) is 17.5 Å². The summed E-state index contributed by atoms with van der Waals surface area (Å²) in [6, 6.07) is 15.0. The van der Waals surface area contributed by atoms with Gasteiger partial charge in [0, 0.05) is 12.7 Å². The van der Waals surface area contributed by atoms with E-state index in [1.54, 1.807) is 31.4 Å². The van der Waals surface area contributed by atoms with Gasteiger partial charge in [0.25, 0.3) is 5.91 Å². The molecule has 0 aliphatic heterocycles. The second-order valence-corrected chi connectivity index (χ2v) is 8.61. The van der Waals surface area contributed by atoms with E-state index in [0.717, 1.165) is 24.8 Å². The number of hydrogen-bond donors (Lipinski definition) is 2. The van der Waals surface area contributed by atoms with Crippen LogP contribution in [-0.2, 0) is 17.6 Å². The van der Waals surface area contributed by atoms with Crippen molar-refractivity contribution < 1.29 is 24.2 Å². The highest BCUT2D eigenvalue weighted by Crippen LogP contribution is 2.39. The minimum atomic E-state index is -1.02. The van der Waals surface area contributed by atoms with Crippen molar-refractivity contribution in [2.75, 3.05) is 25.6 Å². The number of anilines is 1. The van der Waals surface area contributed by atoms with Gasteiger partial charge in [-0.2, -0.15) is 0 Å². The van der Waals surface area contributed by atoms with Crippen LogP contribution >= 0.6 is 11.3 Å². The Hall–Kier alpha value is -3.16. The maximum absolute atomic E-state index is 12.8. The molecule has 1 atom stereocenters. The van der Waals surface area contributed by atoms with Crippen molar-refractivity contribution in [1.82, 2.24) is 0 Å². The van der Waals surface area contributed by atoms with E-state index >= 15 is 0 Å². The van der Waals surface area contributed by atoms with Crippen LogP contribution in [0.1, 0.15) is 49.7 Å². The Morgan fingerprint density at radius 2 is 1.84 bits per heavy atom. The van der Waals surface area contributed by atoms with Gasteiger partial charge in [-0.15, -0.1) is 11.3 Å². The van der Waals surface area contributed by atoms with Crippen molar-refractivity contribution >= 4 is 28.2 Å². The summed E-state index contributed by atoms with van der Waals surface area (Å²) in [4.78, 5) is 24.9. The summed E-state index contributed by atoms with van der Waals surface area (Å²) in [5, 5.41) is 15.0. The Balaban J connectivity index is 1.49. The number of ether oxygens (including phenoxy) is 2. The molecular weight excluding hydrogens is 426 g/mol. The Kier molecular flexibility index (Phi) is 6.87. The van der Waals surface area contributed by atoms with E-state index in [2.05, 4.69) is 17.4 Å². The number of aromatic carboxylic acids is 1. The average Bonchev–Trinajstić information content (AvgIpc) is 3.23. The summed E-state index contributed by atoms with van der Waals surface area (Å²) in [6.45, 7) is 0.904. The Morgan fingerprint density at radius 1 is 1.09 bits per heavy atom. The molecule has 166 valence electrons. The van der Waals surface area contributed by atoms with Crippen LogP contribution in [0, 0.1) is 0 Å². The molecule has 0 bridgehead atoms. The zero-order valence-electron chi connectivity index (χ0n) is 17.8. The summed E-state index contributed by atoms with van der Waals surface area (Å²) in [6.07, 6.45) is 2.63. The van der Waals surface area contributed by atoms with E-state index in [4.69, 9.17) is 9.47 Å². The molecular formula is C25H25NO5S. The molecule has 1 heterocycles. The third-order valence-corrected chi connectivity index (χ3v) is 6.63. The molecule has 0 saturated carbocycles. The van der Waals surface area contributed by atoms with Gasteiger partial charge in [-0.3, -0.25) is 4.79 Å². The lowest BCUT2D eigenvalue weighted by Crippen LogP contribution is -2.17. The van der Waals surface area contributed by atoms with Gasteiger partial charge in [-0.05, 0) is 71.5 Å². The number of carbonyl (C=O) groups excluding carboxylic acids is 1. The molecule has 4 rings (SSSR count). The van der Waals surface area contributed by atoms with E-state index in [0.29, 0.717) is 29.5 Å². The molecule has 1 amide bonds. The molecule has 1 unspecified atom stereocenters. The highest BCUT2D eigenvalue weighted by Gasteiger charge is 2.28. The number of carboxylic acid groups (broad SMARTS) is 1. The zero-order valence-corrected chi connectivity index (χ0v) is 18.6. The van der Waals surface area contributed by atoms with Gasteiger partial charge in [-0.25, -0.2) is 4.79 Å². The van der Waals surface area contributed by atoms with Gasteiger partial charge < -0.3 is 19.9 Å². The summed E-state index contributed by atoms with van der Waals surface area (Å²) in [7, 11) is 1.60. The van der Waals surface area contributed by atoms with Crippen LogP contribution in [0.2, 0.25) is 0 Å². The first-order chi connectivity index (χ1) is 15.6. The third-order valence-electron chi connectivity index (χ3n) is 5.72. The number of nitrogens with one attached hydrogen (secondary N) is 1. The zero-order chi connectivity index (χ0) is 22.5. The lowest BCUT2D eigenvalue weighted by molar-refractivity contribution is 0.0696. The van der Waals surface area contributed by atoms with E-state index in [-0.39, 0.29) is 17.4 Å². The number of aryl methyl sites for hydroxylation is 1. The van der Waals surface area contributed by atoms with E-state index < -0.39 is 5.97 Å². The maximum Gasteiger partial charge on any atom is 0.339 e. The Bertz CT molecular complexity index is 1110. The number of carbonyl (C=O) groups is 2. The fourth-order valence-electron chi connectivity index (χ4n) is 4.07. The summed E-state index contributed by atoms with van der Waals surface area (Å²) < 4.78 is 10.5. The quantitative estimate of drug-likeness (QED) is 0.471. The standard InChI is InChI=1S/C25H25NO5S/c1-30-12-13-31-20-10-8-17(9-11-20)23(27)26-24-22(25(28)29)21(15-32-24)19-7-6-16-4-2-3-5-18(16)14-19/h2-5,8-11,15,19H,6-7,12-14H2,1H3,(H,26,27)(H,28,29). The van der Waals surface area contributed by atoms with Crippen LogP contribution < -0.4 is 10.1 Å². The summed E-state index contributed by atoms with van der Waals surface area (Å²) in [5.74, 6) is -0.599. The van der Waals surface area contributed by atoms with Gasteiger partial charge in [0.15, 0.2) is 0 Å². The lowest BCUT2D eigenvalue weighted by Gasteiger charge is -2.24. The van der Waals surface area contributed by atoms with Crippen molar-refractivity contribution in [2.24, 2.45) is 0 Å². The second kappa shape index (κ2) is 9.97. The number of hydrogen-bond acceptors (Lipinski definition) is 5. The molecule has 1 aliphatic rings. The minimum Gasteiger partial charge on any atom is -0.491 e. The van der Waals surface area contributed by atoms with Gasteiger partial charge in [0.2, 0.25) is 0 Å². The number of amides is 1. The largest absolute Gasteiger partial charge is 0.491 e. The molecule has 0 spiro atoms. The molecule has 6 nitrogen and oxygen atoms in total. The normalized spacial score (nSPS) is 15.1. The van der Waals surface area contributed by atoms with Crippen LogP contribution in [0.3, 0.4) is 0 Å². The SMILES string of the molecule is COCCOc1ccc(C(=O)Nc2scc(C3CCc4ccccc4C3)c2C(=O)O)cc1. The minimum absolute atomic E-state index is 0.126. The molecule has 1 aliphatic carbocycles. The topological polar surface area (TPSA) is 84.9 Å². The fraction of sp³-hybridized carbons (Fsp3) is 0.280. The first kappa shape index (κ1) is 22.0. The fourth-order valence-corrected chi connectivity index (χ4v) is 5.10. The number of carboxylic acids is 1. The van der Waals surface area contributed by atoms with Gasteiger partial charge in [0.1, 0.15) is 17.4 Å². The molecule has 1 aromatic heterocycles. The van der Waals surface area contributed by atoms with Crippen LogP contribution in [0.5, 0.6) is 5.75 Å². The smallest absolute Gasteiger partial charge is 0.339 e. The molecule has 32 heavy (non-hydrogen) atoms. The van der Waals surface area contributed by atoms with Crippen molar-refractivity contribution in [2.45, 2.75) is 25.2 Å². The molecule has 2 aromatic carbocycles. The second-order valence-electron chi connectivity index (χ2n) is 7.73. The third kappa shape index (κ3) is 4.84. The molecule has 0 saturated heterocycles. The van der Waals surface area contributed by atoms with E-state index in [9.17, 15) is 14.7 Å². The summed E-state index contributed by atoms with van der Waals surface area (Å²) >= 11 is 1.27. The maximum atomic E-state index is 12.8. The molecule has 2 N–H and O–H groups in total.